The summed E-state index contributed by atoms with van der Waals surface area (Å²) in [7, 11) is 0. The topological polar surface area (TPSA) is 99.3 Å². The molecule has 2 aromatic rings. The summed E-state index contributed by atoms with van der Waals surface area (Å²) >= 11 is 0. The van der Waals surface area contributed by atoms with Gasteiger partial charge in [-0.3, -0.25) is 9.59 Å². The molecule has 0 aliphatic heterocycles. The van der Waals surface area contributed by atoms with Gasteiger partial charge in [-0.15, -0.1) is 0 Å². The SMILES string of the molecule is CC(=O)Nc1ccc(NC(=O)CNC(=O)NCc2ccc(C)cc2)cc1. The van der Waals surface area contributed by atoms with Gasteiger partial charge in [-0.05, 0) is 36.8 Å². The standard InChI is InChI=1S/C19H22N4O3/c1-13-3-5-15(6-4-13)11-20-19(26)21-12-18(25)23-17-9-7-16(8-10-17)22-14(2)24/h3-10H,11-12H2,1-2H3,(H,22,24)(H,23,25)(H2,20,21,26). The molecular weight excluding hydrogens is 332 g/mol. The van der Waals surface area contributed by atoms with Gasteiger partial charge in [-0.1, -0.05) is 29.8 Å². The second kappa shape index (κ2) is 9.22. The summed E-state index contributed by atoms with van der Waals surface area (Å²) in [4.78, 5) is 34.6. The van der Waals surface area contributed by atoms with Crippen LogP contribution in [-0.4, -0.2) is 24.4 Å². The van der Waals surface area contributed by atoms with Crippen LogP contribution in [0.5, 0.6) is 0 Å². The number of carbonyl (C=O) groups excluding carboxylic acids is 3. The number of amides is 4. The Morgan fingerprint density at radius 3 is 1.96 bits per heavy atom. The molecular formula is C19H22N4O3. The van der Waals surface area contributed by atoms with Crippen molar-refractivity contribution in [3.05, 3.63) is 59.7 Å². The van der Waals surface area contributed by atoms with Crippen LogP contribution >= 0.6 is 0 Å². The number of benzene rings is 2. The van der Waals surface area contributed by atoms with E-state index < -0.39 is 6.03 Å². The third-order valence-electron chi connectivity index (χ3n) is 3.47. The summed E-state index contributed by atoms with van der Waals surface area (Å²) in [5.74, 6) is -0.509. The van der Waals surface area contributed by atoms with Crippen LogP contribution in [0.15, 0.2) is 48.5 Å². The summed E-state index contributed by atoms with van der Waals surface area (Å²) in [5, 5.41) is 10.5. The van der Waals surface area contributed by atoms with E-state index in [0.29, 0.717) is 17.9 Å². The zero-order chi connectivity index (χ0) is 18.9. The molecule has 136 valence electrons. The van der Waals surface area contributed by atoms with Crippen LogP contribution in [0.4, 0.5) is 16.2 Å². The van der Waals surface area contributed by atoms with E-state index in [1.807, 2.05) is 31.2 Å². The highest BCUT2D eigenvalue weighted by atomic mass is 16.2. The molecule has 0 fully saturated rings. The van der Waals surface area contributed by atoms with Crippen LogP contribution in [0, 0.1) is 6.92 Å². The van der Waals surface area contributed by atoms with Crippen molar-refractivity contribution in [1.82, 2.24) is 10.6 Å². The minimum absolute atomic E-state index is 0.146. The van der Waals surface area contributed by atoms with Crippen LogP contribution in [0.2, 0.25) is 0 Å². The third kappa shape index (κ3) is 6.64. The Morgan fingerprint density at radius 1 is 0.808 bits per heavy atom. The monoisotopic (exact) mass is 354 g/mol. The van der Waals surface area contributed by atoms with Gasteiger partial charge in [-0.2, -0.15) is 0 Å². The first-order chi connectivity index (χ1) is 12.4. The lowest BCUT2D eigenvalue weighted by Crippen LogP contribution is -2.39. The van der Waals surface area contributed by atoms with Crippen LogP contribution in [-0.2, 0) is 16.1 Å². The molecule has 2 rings (SSSR count). The molecule has 0 saturated carbocycles. The number of rotatable bonds is 6. The lowest BCUT2D eigenvalue weighted by Gasteiger charge is -2.09. The van der Waals surface area contributed by atoms with E-state index in [-0.39, 0.29) is 18.4 Å². The van der Waals surface area contributed by atoms with Crippen molar-refractivity contribution in [3.63, 3.8) is 0 Å². The average Bonchev–Trinajstić information content (AvgIpc) is 2.61. The molecule has 0 saturated heterocycles. The van der Waals surface area contributed by atoms with Crippen LogP contribution < -0.4 is 21.3 Å². The smallest absolute Gasteiger partial charge is 0.315 e. The summed E-state index contributed by atoms with van der Waals surface area (Å²) in [6.07, 6.45) is 0. The van der Waals surface area contributed by atoms with Gasteiger partial charge in [-0.25, -0.2) is 4.79 Å². The van der Waals surface area contributed by atoms with Gasteiger partial charge >= 0.3 is 6.03 Å². The quantitative estimate of drug-likeness (QED) is 0.641. The van der Waals surface area contributed by atoms with Crippen molar-refractivity contribution in [2.75, 3.05) is 17.2 Å². The highest BCUT2D eigenvalue weighted by Crippen LogP contribution is 2.13. The lowest BCUT2D eigenvalue weighted by atomic mass is 10.1. The highest BCUT2D eigenvalue weighted by molar-refractivity contribution is 5.95. The van der Waals surface area contributed by atoms with E-state index in [4.69, 9.17) is 0 Å². The van der Waals surface area contributed by atoms with E-state index in [0.717, 1.165) is 11.1 Å². The maximum Gasteiger partial charge on any atom is 0.315 e. The predicted molar refractivity (Wildman–Crippen MR) is 101 cm³/mol. The fourth-order valence-electron chi connectivity index (χ4n) is 2.16. The third-order valence-corrected chi connectivity index (χ3v) is 3.47. The number of hydrogen-bond acceptors (Lipinski definition) is 3. The Labute approximate surface area is 152 Å². The molecule has 0 spiro atoms. The minimum atomic E-state index is -0.415. The van der Waals surface area contributed by atoms with E-state index >= 15 is 0 Å². The maximum absolute atomic E-state index is 11.9. The van der Waals surface area contributed by atoms with Gasteiger partial charge in [0.05, 0.1) is 6.54 Å². The molecule has 0 unspecified atom stereocenters. The molecule has 7 heteroatoms. The predicted octanol–water partition coefficient (Wildman–Crippen LogP) is 2.39. The molecule has 0 bridgehead atoms. The number of aryl methyl sites for hydroxylation is 1. The first kappa shape index (κ1) is 19.0. The minimum Gasteiger partial charge on any atom is -0.334 e. The number of hydrogen-bond donors (Lipinski definition) is 4. The Bertz CT molecular complexity index is 770. The molecule has 2 aromatic carbocycles. The zero-order valence-corrected chi connectivity index (χ0v) is 14.8. The van der Waals surface area contributed by atoms with Crippen LogP contribution in [0.1, 0.15) is 18.1 Å². The van der Waals surface area contributed by atoms with Crippen LogP contribution in [0.25, 0.3) is 0 Å². The number of anilines is 2. The molecule has 7 nitrogen and oxygen atoms in total. The number of nitrogens with one attached hydrogen (secondary N) is 4. The second-order valence-corrected chi connectivity index (χ2v) is 5.83. The summed E-state index contributed by atoms with van der Waals surface area (Å²) < 4.78 is 0. The number of urea groups is 1. The Morgan fingerprint density at radius 2 is 1.38 bits per heavy atom. The largest absolute Gasteiger partial charge is 0.334 e. The normalized spacial score (nSPS) is 9.92. The lowest BCUT2D eigenvalue weighted by molar-refractivity contribution is -0.115. The van der Waals surface area contributed by atoms with Gasteiger partial charge in [0.15, 0.2) is 0 Å². The second-order valence-electron chi connectivity index (χ2n) is 5.83. The van der Waals surface area contributed by atoms with E-state index in [1.54, 1.807) is 24.3 Å². The van der Waals surface area contributed by atoms with Gasteiger partial charge < -0.3 is 21.3 Å². The molecule has 4 N–H and O–H groups in total. The molecule has 0 aliphatic rings. The van der Waals surface area contributed by atoms with Crippen molar-refractivity contribution in [3.8, 4) is 0 Å². The highest BCUT2D eigenvalue weighted by Gasteiger charge is 2.06. The fourth-order valence-corrected chi connectivity index (χ4v) is 2.16. The van der Waals surface area contributed by atoms with Crippen molar-refractivity contribution >= 4 is 29.2 Å². The first-order valence-corrected chi connectivity index (χ1v) is 8.17. The average molecular weight is 354 g/mol. The van der Waals surface area contributed by atoms with E-state index in [1.165, 1.54) is 6.92 Å². The number of carbonyl (C=O) groups is 3. The van der Waals surface area contributed by atoms with Gasteiger partial charge in [0.2, 0.25) is 11.8 Å². The maximum atomic E-state index is 11.9. The zero-order valence-electron chi connectivity index (χ0n) is 14.8. The van der Waals surface area contributed by atoms with E-state index in [2.05, 4.69) is 21.3 Å². The molecule has 26 heavy (non-hydrogen) atoms. The van der Waals surface area contributed by atoms with Crippen molar-refractivity contribution in [2.24, 2.45) is 0 Å². The van der Waals surface area contributed by atoms with Crippen molar-refractivity contribution in [1.29, 1.82) is 0 Å². The Kier molecular flexibility index (Phi) is 6.73. The molecule has 0 aromatic heterocycles. The summed E-state index contributed by atoms with van der Waals surface area (Å²) in [6, 6.07) is 14.1. The molecule has 0 radical (unpaired) electrons. The molecule has 4 amide bonds. The van der Waals surface area contributed by atoms with Gasteiger partial charge in [0.1, 0.15) is 0 Å². The van der Waals surface area contributed by atoms with Gasteiger partial charge in [0, 0.05) is 24.8 Å². The summed E-state index contributed by atoms with van der Waals surface area (Å²) in [6.45, 7) is 3.66. The van der Waals surface area contributed by atoms with Crippen molar-refractivity contribution < 1.29 is 14.4 Å². The summed E-state index contributed by atoms with van der Waals surface area (Å²) in [5.41, 5.74) is 3.35. The van der Waals surface area contributed by atoms with Crippen LogP contribution in [0.3, 0.4) is 0 Å². The molecule has 0 aliphatic carbocycles. The molecule has 0 atom stereocenters. The fraction of sp³-hybridized carbons (Fsp3) is 0.211. The van der Waals surface area contributed by atoms with Crippen molar-refractivity contribution in [2.45, 2.75) is 20.4 Å². The van der Waals surface area contributed by atoms with E-state index in [9.17, 15) is 14.4 Å². The van der Waals surface area contributed by atoms with Gasteiger partial charge in [0.25, 0.3) is 0 Å². The Hall–Kier alpha value is -3.35. The Balaban J connectivity index is 1.71. The molecule has 0 heterocycles. The first-order valence-electron chi connectivity index (χ1n) is 8.17.